The number of para-hydroxylation sites is 2. The van der Waals surface area contributed by atoms with Gasteiger partial charge in [-0.15, -0.1) is 10.2 Å². The summed E-state index contributed by atoms with van der Waals surface area (Å²) in [6.45, 7) is 1.88. The minimum atomic E-state index is -0.482. The van der Waals surface area contributed by atoms with Gasteiger partial charge in [-0.3, -0.25) is 4.79 Å². The average molecular weight is 438 g/mol. The standard InChI is InChI=1S/C23H23N3O4S/c27-22(26-13-7-2-8-14-26)20(16-9-3-1-4-10-16)31-23-25-24-21(30-23)19-15-28-17-11-5-6-12-18(17)29-19/h1,3-6,9-12,19-20H,2,7-8,13-15H2/t19-,20-/m0/s1. The van der Waals surface area contributed by atoms with Crippen molar-refractivity contribution in [3.8, 4) is 11.5 Å². The largest absolute Gasteiger partial charge is 0.485 e. The molecule has 0 saturated carbocycles. The van der Waals surface area contributed by atoms with E-state index < -0.39 is 11.4 Å². The van der Waals surface area contributed by atoms with Crippen LogP contribution in [0.1, 0.15) is 42.1 Å². The van der Waals surface area contributed by atoms with Gasteiger partial charge in [-0.25, -0.2) is 0 Å². The lowest BCUT2D eigenvalue weighted by Gasteiger charge is -2.30. The van der Waals surface area contributed by atoms with E-state index in [1.807, 2.05) is 59.5 Å². The van der Waals surface area contributed by atoms with Gasteiger partial charge in [0.2, 0.25) is 12.0 Å². The fourth-order valence-electron chi connectivity index (χ4n) is 3.81. The fourth-order valence-corrected chi connectivity index (χ4v) is 4.78. The monoisotopic (exact) mass is 437 g/mol. The first kappa shape index (κ1) is 19.9. The van der Waals surface area contributed by atoms with Crippen molar-refractivity contribution in [3.05, 3.63) is 66.1 Å². The van der Waals surface area contributed by atoms with Gasteiger partial charge in [-0.2, -0.15) is 0 Å². The van der Waals surface area contributed by atoms with E-state index in [4.69, 9.17) is 13.9 Å². The number of hydrogen-bond donors (Lipinski definition) is 0. The van der Waals surface area contributed by atoms with Crippen molar-refractivity contribution in [1.82, 2.24) is 15.1 Å². The minimum absolute atomic E-state index is 0.0850. The summed E-state index contributed by atoms with van der Waals surface area (Å²) in [5, 5.41) is 8.25. The average Bonchev–Trinajstić information content (AvgIpc) is 3.32. The smallest absolute Gasteiger partial charge is 0.277 e. The number of thioether (sulfide) groups is 1. The van der Waals surface area contributed by atoms with Crippen molar-refractivity contribution in [1.29, 1.82) is 0 Å². The molecule has 0 aliphatic carbocycles. The summed E-state index contributed by atoms with van der Waals surface area (Å²) in [5.74, 6) is 1.77. The van der Waals surface area contributed by atoms with Crippen LogP contribution in [-0.4, -0.2) is 40.7 Å². The highest BCUT2D eigenvalue weighted by molar-refractivity contribution is 8.00. The van der Waals surface area contributed by atoms with Gasteiger partial charge >= 0.3 is 0 Å². The third kappa shape index (κ3) is 4.39. The maximum absolute atomic E-state index is 13.3. The first-order valence-electron chi connectivity index (χ1n) is 10.5. The number of aromatic nitrogens is 2. The number of hydrogen-bond acceptors (Lipinski definition) is 7. The Morgan fingerprint density at radius 3 is 2.52 bits per heavy atom. The Morgan fingerprint density at radius 1 is 0.968 bits per heavy atom. The summed E-state index contributed by atoms with van der Waals surface area (Å²) in [6, 6.07) is 17.2. The number of fused-ring (bicyclic) bond motifs is 1. The Bertz CT molecular complexity index is 1040. The number of nitrogens with zero attached hydrogens (tertiary/aromatic N) is 3. The Kier molecular flexibility index (Phi) is 5.80. The van der Waals surface area contributed by atoms with Crippen LogP contribution < -0.4 is 9.47 Å². The Morgan fingerprint density at radius 2 is 1.71 bits per heavy atom. The van der Waals surface area contributed by atoms with Crippen LogP contribution in [0, 0.1) is 0 Å². The molecule has 2 atom stereocenters. The molecule has 0 unspecified atom stereocenters. The molecule has 160 valence electrons. The highest BCUT2D eigenvalue weighted by atomic mass is 32.2. The minimum Gasteiger partial charge on any atom is -0.485 e. The molecule has 3 aromatic rings. The van der Waals surface area contributed by atoms with Gasteiger partial charge in [0.25, 0.3) is 11.1 Å². The van der Waals surface area contributed by atoms with Crippen molar-refractivity contribution in [2.75, 3.05) is 19.7 Å². The Labute approximate surface area is 184 Å². The number of rotatable bonds is 5. The van der Waals surface area contributed by atoms with Crippen molar-refractivity contribution in [2.45, 2.75) is 35.8 Å². The first-order valence-corrected chi connectivity index (χ1v) is 11.4. The summed E-state index contributed by atoms with van der Waals surface area (Å²) >= 11 is 1.29. The molecule has 1 aromatic heterocycles. The molecule has 2 aliphatic rings. The van der Waals surface area contributed by atoms with E-state index in [9.17, 15) is 4.79 Å². The van der Waals surface area contributed by atoms with E-state index in [1.165, 1.54) is 18.2 Å². The molecule has 7 nitrogen and oxygen atoms in total. The zero-order valence-corrected chi connectivity index (χ0v) is 17.8. The summed E-state index contributed by atoms with van der Waals surface area (Å²) < 4.78 is 17.6. The maximum Gasteiger partial charge on any atom is 0.277 e. The van der Waals surface area contributed by atoms with Gasteiger partial charge in [0.1, 0.15) is 11.9 Å². The number of likely N-dealkylation sites (tertiary alicyclic amines) is 1. The number of carbonyl (C=O) groups is 1. The summed E-state index contributed by atoms with van der Waals surface area (Å²) in [6.07, 6.45) is 2.78. The Hall–Kier alpha value is -3.00. The first-order chi connectivity index (χ1) is 15.3. The quantitative estimate of drug-likeness (QED) is 0.547. The van der Waals surface area contributed by atoms with E-state index in [0.29, 0.717) is 22.6 Å². The molecular formula is C23H23N3O4S. The van der Waals surface area contributed by atoms with Gasteiger partial charge in [-0.05, 0) is 48.7 Å². The summed E-state index contributed by atoms with van der Waals surface area (Å²) in [7, 11) is 0. The number of carbonyl (C=O) groups excluding carboxylic acids is 1. The van der Waals surface area contributed by atoms with Crippen molar-refractivity contribution < 1.29 is 18.7 Å². The van der Waals surface area contributed by atoms with E-state index >= 15 is 0 Å². The molecule has 31 heavy (non-hydrogen) atoms. The van der Waals surface area contributed by atoms with Crippen LogP contribution in [0.5, 0.6) is 11.5 Å². The Balaban J connectivity index is 1.34. The third-order valence-electron chi connectivity index (χ3n) is 5.42. The summed E-state index contributed by atoms with van der Waals surface area (Å²) in [5.41, 5.74) is 0.925. The fraction of sp³-hybridized carbons (Fsp3) is 0.348. The molecule has 5 rings (SSSR count). The highest BCUT2D eigenvalue weighted by Crippen LogP contribution is 2.39. The molecule has 0 radical (unpaired) electrons. The second kappa shape index (κ2) is 9.01. The number of ether oxygens (including phenoxy) is 2. The van der Waals surface area contributed by atoms with Crippen molar-refractivity contribution in [2.24, 2.45) is 0 Å². The van der Waals surface area contributed by atoms with Crippen LogP contribution >= 0.6 is 11.8 Å². The predicted octanol–water partition coefficient (Wildman–Crippen LogP) is 4.43. The van der Waals surface area contributed by atoms with Crippen LogP contribution in [0.2, 0.25) is 0 Å². The lowest BCUT2D eigenvalue weighted by molar-refractivity contribution is -0.131. The lowest BCUT2D eigenvalue weighted by Crippen LogP contribution is -2.38. The van der Waals surface area contributed by atoms with Crippen molar-refractivity contribution in [3.63, 3.8) is 0 Å². The number of piperidine rings is 1. The van der Waals surface area contributed by atoms with Gasteiger partial charge < -0.3 is 18.8 Å². The number of amides is 1. The summed E-state index contributed by atoms with van der Waals surface area (Å²) in [4.78, 5) is 15.3. The predicted molar refractivity (Wildman–Crippen MR) is 115 cm³/mol. The van der Waals surface area contributed by atoms with Crippen LogP contribution in [0.25, 0.3) is 0 Å². The molecule has 2 aliphatic heterocycles. The second-order valence-corrected chi connectivity index (χ2v) is 8.62. The highest BCUT2D eigenvalue weighted by Gasteiger charge is 2.32. The van der Waals surface area contributed by atoms with Crippen LogP contribution in [0.3, 0.4) is 0 Å². The molecule has 0 N–H and O–H groups in total. The molecule has 3 heterocycles. The molecule has 1 saturated heterocycles. The third-order valence-corrected chi connectivity index (χ3v) is 6.50. The van der Waals surface area contributed by atoms with Crippen LogP contribution in [-0.2, 0) is 4.79 Å². The number of benzene rings is 2. The van der Waals surface area contributed by atoms with Crippen LogP contribution in [0.15, 0.2) is 64.2 Å². The second-order valence-electron chi connectivity index (χ2n) is 7.56. The van der Waals surface area contributed by atoms with E-state index in [2.05, 4.69) is 10.2 Å². The molecule has 8 heteroatoms. The zero-order chi connectivity index (χ0) is 21.0. The van der Waals surface area contributed by atoms with E-state index in [1.54, 1.807) is 0 Å². The van der Waals surface area contributed by atoms with E-state index in [0.717, 1.165) is 31.5 Å². The molecule has 1 fully saturated rings. The van der Waals surface area contributed by atoms with Crippen molar-refractivity contribution >= 4 is 17.7 Å². The maximum atomic E-state index is 13.3. The molecule has 0 bridgehead atoms. The van der Waals surface area contributed by atoms with Gasteiger partial charge in [-0.1, -0.05) is 42.5 Å². The van der Waals surface area contributed by atoms with Crippen LogP contribution in [0.4, 0.5) is 0 Å². The molecule has 0 spiro atoms. The SMILES string of the molecule is O=C([C@@H](Sc1nnc([C@@H]2COc3ccccc3O2)o1)c1ccccc1)N1CCCCC1. The zero-order valence-electron chi connectivity index (χ0n) is 17.0. The molecule has 2 aromatic carbocycles. The topological polar surface area (TPSA) is 77.7 Å². The van der Waals surface area contributed by atoms with Gasteiger partial charge in [0.15, 0.2) is 11.5 Å². The normalized spacial score (nSPS) is 19.1. The lowest BCUT2D eigenvalue weighted by atomic mass is 10.1. The van der Waals surface area contributed by atoms with E-state index in [-0.39, 0.29) is 12.5 Å². The van der Waals surface area contributed by atoms with Gasteiger partial charge in [0.05, 0.1) is 0 Å². The molecule has 1 amide bonds. The van der Waals surface area contributed by atoms with Gasteiger partial charge in [0, 0.05) is 13.1 Å². The molecular weight excluding hydrogens is 414 g/mol.